The van der Waals surface area contributed by atoms with Gasteiger partial charge in [0.25, 0.3) is 0 Å². The van der Waals surface area contributed by atoms with Crippen LogP contribution in [0.4, 0.5) is 11.4 Å². The van der Waals surface area contributed by atoms with Crippen LogP contribution in [-0.4, -0.2) is 70.7 Å². The molecule has 0 spiro atoms. The van der Waals surface area contributed by atoms with Crippen molar-refractivity contribution in [2.45, 2.75) is 18.9 Å². The molecule has 0 aliphatic carbocycles. The highest BCUT2D eigenvalue weighted by atomic mass is 32.2. The van der Waals surface area contributed by atoms with Crippen molar-refractivity contribution in [3.05, 3.63) is 24.3 Å². The first kappa shape index (κ1) is 21.1. The fourth-order valence-corrected chi connectivity index (χ4v) is 3.71. The van der Waals surface area contributed by atoms with Gasteiger partial charge in [-0.15, -0.1) is 0 Å². The lowest BCUT2D eigenvalue weighted by atomic mass is 10.1. The van der Waals surface area contributed by atoms with Gasteiger partial charge in [0, 0.05) is 31.9 Å². The molecule has 2 amide bonds. The van der Waals surface area contributed by atoms with Gasteiger partial charge in [0.15, 0.2) is 0 Å². The van der Waals surface area contributed by atoms with Gasteiger partial charge in [-0.25, -0.2) is 8.42 Å². The number of hydrogen-bond acceptors (Lipinski definition) is 6. The molecular weight excluding hydrogens is 370 g/mol. The zero-order valence-electron chi connectivity index (χ0n) is 15.6. The predicted octanol–water partition coefficient (Wildman–Crippen LogP) is -0.440. The second-order valence-corrected chi connectivity index (χ2v) is 8.56. The second kappa shape index (κ2) is 9.16. The Morgan fingerprint density at radius 3 is 2.52 bits per heavy atom. The minimum Gasteiger partial charge on any atom is -0.358 e. The smallest absolute Gasteiger partial charge is 0.240 e. The molecule has 0 atom stereocenters. The highest BCUT2D eigenvalue weighted by Crippen LogP contribution is 2.22. The van der Waals surface area contributed by atoms with E-state index in [0.29, 0.717) is 11.4 Å². The minimum absolute atomic E-state index is 0.181. The van der Waals surface area contributed by atoms with Gasteiger partial charge < -0.3 is 16.4 Å². The van der Waals surface area contributed by atoms with E-state index in [0.717, 1.165) is 36.5 Å². The van der Waals surface area contributed by atoms with Gasteiger partial charge in [-0.3, -0.25) is 18.8 Å². The summed E-state index contributed by atoms with van der Waals surface area (Å²) >= 11 is 0. The molecule has 1 aromatic carbocycles. The molecule has 1 aromatic rings. The van der Waals surface area contributed by atoms with Crippen molar-refractivity contribution in [1.29, 1.82) is 0 Å². The van der Waals surface area contributed by atoms with Crippen molar-refractivity contribution in [3.63, 3.8) is 0 Å². The molecule has 150 valence electrons. The molecule has 4 N–H and O–H groups in total. The molecule has 1 aliphatic rings. The summed E-state index contributed by atoms with van der Waals surface area (Å²) in [6, 6.07) is 6.61. The first-order valence-corrected chi connectivity index (χ1v) is 10.6. The number of rotatable bonds is 7. The van der Waals surface area contributed by atoms with Crippen molar-refractivity contribution in [1.82, 2.24) is 10.2 Å². The maximum atomic E-state index is 12.3. The largest absolute Gasteiger partial charge is 0.358 e. The van der Waals surface area contributed by atoms with Gasteiger partial charge >= 0.3 is 0 Å². The number of benzene rings is 1. The number of hydrogen-bond donors (Lipinski definition) is 3. The van der Waals surface area contributed by atoms with Crippen molar-refractivity contribution in [2.75, 3.05) is 49.1 Å². The lowest BCUT2D eigenvalue weighted by Crippen LogP contribution is -2.43. The van der Waals surface area contributed by atoms with E-state index in [9.17, 15) is 18.0 Å². The van der Waals surface area contributed by atoms with Crippen LogP contribution in [0.5, 0.6) is 0 Å². The van der Waals surface area contributed by atoms with Crippen molar-refractivity contribution in [3.8, 4) is 0 Å². The number of nitrogens with two attached hydrogens (primary N) is 1. The molecule has 1 saturated heterocycles. The number of piperidine rings is 1. The summed E-state index contributed by atoms with van der Waals surface area (Å²) in [6.45, 7) is 1.48. The topological polar surface area (TPSA) is 125 Å². The van der Waals surface area contributed by atoms with E-state index in [2.05, 4.69) is 10.6 Å². The summed E-state index contributed by atoms with van der Waals surface area (Å²) in [6.07, 6.45) is 2.76. The molecule has 27 heavy (non-hydrogen) atoms. The Morgan fingerprint density at radius 1 is 1.26 bits per heavy atom. The number of carbonyl (C=O) groups excluding carboxylic acids is 2. The predicted molar refractivity (Wildman–Crippen MR) is 105 cm³/mol. The number of nitrogens with one attached hydrogen (secondary N) is 2. The number of anilines is 2. The van der Waals surface area contributed by atoms with Gasteiger partial charge in [0.1, 0.15) is 6.54 Å². The Hall–Kier alpha value is -2.17. The fraction of sp³-hybridized carbons (Fsp3) is 0.529. The summed E-state index contributed by atoms with van der Waals surface area (Å²) in [7, 11) is -2.22. The Morgan fingerprint density at radius 2 is 1.93 bits per heavy atom. The van der Waals surface area contributed by atoms with Gasteiger partial charge in [-0.05, 0) is 31.0 Å². The Labute approximate surface area is 159 Å². The number of nitrogens with zero attached hydrogens (tertiary/aromatic N) is 2. The number of likely N-dealkylation sites (tertiary alicyclic amines) is 1. The maximum Gasteiger partial charge on any atom is 0.240 e. The quantitative estimate of drug-likeness (QED) is 0.573. The summed E-state index contributed by atoms with van der Waals surface area (Å²) in [5.41, 5.74) is 6.64. The van der Waals surface area contributed by atoms with Crippen molar-refractivity contribution >= 4 is 33.2 Å². The SMILES string of the molecule is CNC(=O)CN(c1cccc(NC(=O)CN2CCC(N)CC2)c1)S(C)(=O)=O. The van der Waals surface area contributed by atoms with Crippen LogP contribution >= 0.6 is 0 Å². The van der Waals surface area contributed by atoms with Crippen LogP contribution in [0.2, 0.25) is 0 Å². The van der Waals surface area contributed by atoms with Gasteiger partial charge in [0.05, 0.1) is 18.5 Å². The summed E-state index contributed by atoms with van der Waals surface area (Å²) in [5.74, 6) is -0.613. The molecule has 0 saturated carbocycles. The molecule has 9 nitrogen and oxygen atoms in total. The van der Waals surface area contributed by atoms with Gasteiger partial charge in [-0.1, -0.05) is 6.07 Å². The van der Waals surface area contributed by atoms with Crippen molar-refractivity contribution in [2.24, 2.45) is 5.73 Å². The van der Waals surface area contributed by atoms with Crippen LogP contribution in [0.15, 0.2) is 24.3 Å². The van der Waals surface area contributed by atoms with E-state index >= 15 is 0 Å². The molecular formula is C17H27N5O4S. The third-order valence-corrected chi connectivity index (χ3v) is 5.52. The van der Waals surface area contributed by atoms with Crippen LogP contribution in [0.3, 0.4) is 0 Å². The van der Waals surface area contributed by atoms with Crippen LogP contribution in [0.25, 0.3) is 0 Å². The third-order valence-electron chi connectivity index (χ3n) is 4.38. The highest BCUT2D eigenvalue weighted by Gasteiger charge is 2.21. The average Bonchev–Trinajstić information content (AvgIpc) is 2.60. The van der Waals surface area contributed by atoms with E-state index in [4.69, 9.17) is 5.73 Å². The van der Waals surface area contributed by atoms with E-state index in [1.165, 1.54) is 13.1 Å². The summed E-state index contributed by atoms with van der Waals surface area (Å²) in [4.78, 5) is 26.0. The molecule has 1 fully saturated rings. The van der Waals surface area contributed by atoms with E-state index in [-0.39, 0.29) is 25.0 Å². The Balaban J connectivity index is 2.06. The standard InChI is InChI=1S/C17H27N5O4S/c1-19-16(23)12-22(27(2,25)26)15-5-3-4-14(10-15)20-17(24)11-21-8-6-13(18)7-9-21/h3-5,10,13H,6-9,11-12,18H2,1-2H3,(H,19,23)(H,20,24). The van der Waals surface area contributed by atoms with Gasteiger partial charge in [0.2, 0.25) is 21.8 Å². The monoisotopic (exact) mass is 397 g/mol. The zero-order chi connectivity index (χ0) is 20.0. The lowest BCUT2D eigenvalue weighted by molar-refractivity contribution is -0.119. The molecule has 1 aliphatic heterocycles. The Bertz CT molecular complexity index is 775. The number of amides is 2. The molecule has 0 aromatic heterocycles. The third kappa shape index (κ3) is 6.49. The van der Waals surface area contributed by atoms with Crippen molar-refractivity contribution < 1.29 is 18.0 Å². The zero-order valence-corrected chi connectivity index (χ0v) is 16.5. The minimum atomic E-state index is -3.66. The molecule has 10 heteroatoms. The molecule has 1 heterocycles. The van der Waals surface area contributed by atoms with Crippen LogP contribution in [-0.2, 0) is 19.6 Å². The average molecular weight is 398 g/mol. The van der Waals surface area contributed by atoms with Gasteiger partial charge in [-0.2, -0.15) is 0 Å². The van der Waals surface area contributed by atoms with E-state index in [1.807, 2.05) is 4.90 Å². The molecule has 0 radical (unpaired) electrons. The number of likely N-dealkylation sites (N-methyl/N-ethyl adjacent to an activating group) is 1. The molecule has 0 bridgehead atoms. The summed E-state index contributed by atoms with van der Waals surface area (Å²) < 4.78 is 25.1. The van der Waals surface area contributed by atoms with Crippen LogP contribution < -0.4 is 20.7 Å². The maximum absolute atomic E-state index is 12.3. The van der Waals surface area contributed by atoms with Crippen LogP contribution in [0.1, 0.15) is 12.8 Å². The summed E-state index contributed by atoms with van der Waals surface area (Å²) in [5, 5.41) is 5.18. The molecule has 2 rings (SSSR count). The number of carbonyl (C=O) groups is 2. The van der Waals surface area contributed by atoms with E-state index < -0.39 is 15.9 Å². The highest BCUT2D eigenvalue weighted by molar-refractivity contribution is 7.92. The lowest BCUT2D eigenvalue weighted by Gasteiger charge is -2.29. The first-order valence-electron chi connectivity index (χ1n) is 8.75. The first-order chi connectivity index (χ1) is 12.7. The second-order valence-electron chi connectivity index (χ2n) is 6.65. The Kier molecular flexibility index (Phi) is 7.17. The number of sulfonamides is 1. The fourth-order valence-electron chi connectivity index (χ4n) is 2.86. The normalized spacial score (nSPS) is 16.0. The van der Waals surface area contributed by atoms with Crippen LogP contribution in [0, 0.1) is 0 Å². The molecule has 0 unspecified atom stereocenters. The van der Waals surface area contributed by atoms with E-state index in [1.54, 1.807) is 18.2 Å².